The van der Waals surface area contributed by atoms with Gasteiger partial charge in [0.05, 0.1) is 59.5 Å². The van der Waals surface area contributed by atoms with E-state index in [0.717, 1.165) is 61.9 Å². The van der Waals surface area contributed by atoms with Gasteiger partial charge in [0, 0.05) is 107 Å². The van der Waals surface area contributed by atoms with Crippen molar-refractivity contribution in [2.45, 2.75) is 49.0 Å². The van der Waals surface area contributed by atoms with Crippen LogP contribution >= 0.6 is 237 Å². The molecule has 69 heavy (non-hydrogen) atoms. The summed E-state index contributed by atoms with van der Waals surface area (Å²) in [5.41, 5.74) is 4.56. The van der Waals surface area contributed by atoms with E-state index in [1.54, 1.807) is 0 Å². The zero-order valence-corrected chi connectivity index (χ0v) is 57.5. The van der Waals surface area contributed by atoms with Gasteiger partial charge in [0.15, 0.2) is 11.4 Å². The Hall–Kier alpha value is 3.87. The Morgan fingerprint density at radius 1 is 0.406 bits per heavy atom. The van der Waals surface area contributed by atoms with Crippen LogP contribution in [0.4, 0.5) is 11.4 Å². The summed E-state index contributed by atoms with van der Waals surface area (Å²) >= 11 is 52.7. The highest BCUT2D eigenvalue weighted by Crippen LogP contribution is 2.45. The van der Waals surface area contributed by atoms with Gasteiger partial charge in [-0.15, -0.1) is 75.8 Å². The standard InChI is InChI=1S/C42H59I6N5O8S8/c43-28-27(42(60)61)29(44)37(65)24(36(28)64)21-49(1-3-50(5-19-62)22-25-38(66)30(45)34(31(46)39(25)67)52(7-13-54,8-14-55)9-15-56)2-4-51(6-20-63)23-26-40(68)32(47)35(33(48)41(26)69)53(10-16-57,11-17-58)12-18-59/h54-59H,1-23H2,(H7-2,60,61,62,63,64,65,66,67,68,69)/p+2. The molecule has 27 heteroatoms. The maximum atomic E-state index is 12.4. The molecule has 0 bridgehead atoms. The van der Waals surface area contributed by atoms with Gasteiger partial charge in [-0.25, -0.2) is 4.79 Å². The van der Waals surface area contributed by atoms with E-state index >= 15 is 0 Å². The smallest absolute Gasteiger partial charge is 0.337 e. The molecule has 3 aromatic rings. The van der Waals surface area contributed by atoms with Crippen molar-refractivity contribution in [2.24, 2.45) is 0 Å². The molecule has 0 unspecified atom stereocenters. The minimum absolute atomic E-state index is 0.134. The van der Waals surface area contributed by atoms with Gasteiger partial charge in [0.25, 0.3) is 0 Å². The first-order chi connectivity index (χ1) is 32.7. The molecule has 0 aromatic heterocycles. The van der Waals surface area contributed by atoms with Crippen molar-refractivity contribution < 1.29 is 40.5 Å². The number of hydrogen-bond donors (Lipinski definition) is 15. The second-order valence-electron chi connectivity index (χ2n) is 16.0. The highest BCUT2D eigenvalue weighted by Gasteiger charge is 2.39. The summed E-state index contributed by atoms with van der Waals surface area (Å²) in [6, 6.07) is 0. The maximum absolute atomic E-state index is 12.4. The van der Waals surface area contributed by atoms with Crippen LogP contribution in [0.15, 0.2) is 29.4 Å². The quantitative estimate of drug-likeness (QED) is 0.0183. The van der Waals surface area contributed by atoms with Crippen LogP contribution in [0.3, 0.4) is 0 Å². The van der Waals surface area contributed by atoms with Gasteiger partial charge in [-0.05, 0) is 152 Å². The van der Waals surface area contributed by atoms with Crippen LogP contribution in [-0.2, 0) is 19.6 Å². The number of aliphatic hydroxyl groups excluding tert-OH is 6. The number of aliphatic hydroxyl groups is 6. The third-order valence-electron chi connectivity index (χ3n) is 12.0. The Kier molecular flexibility index (Phi) is 31.9. The number of nitrogens with zero attached hydrogens (tertiary/aromatic N) is 5. The summed E-state index contributed by atoms with van der Waals surface area (Å²) in [5.74, 6) is 0.118. The van der Waals surface area contributed by atoms with Gasteiger partial charge in [-0.1, -0.05) is 0 Å². The van der Waals surface area contributed by atoms with Crippen LogP contribution < -0.4 is 8.97 Å². The Morgan fingerprint density at radius 3 is 0.826 bits per heavy atom. The molecule has 0 heterocycles. The van der Waals surface area contributed by atoms with E-state index in [9.17, 15) is 40.5 Å². The summed E-state index contributed by atoms with van der Waals surface area (Å²) in [4.78, 5) is 23.4. The fraction of sp³-hybridized carbons (Fsp3) is 0.548. The molecule has 0 spiro atoms. The number of rotatable bonds is 31. The number of aromatic carboxylic acids is 1. The molecular weight excluding hydrogens is 1720 g/mol. The van der Waals surface area contributed by atoms with E-state index in [1.165, 1.54) is 0 Å². The predicted octanol–water partition coefficient (Wildman–Crippen LogP) is 6.98. The number of hydrogen-bond acceptors (Lipinski definition) is 18. The Bertz CT molecular complexity index is 2000. The zero-order chi connectivity index (χ0) is 52.0. The number of halogens is 6. The molecule has 390 valence electrons. The second kappa shape index (κ2) is 32.8. The van der Waals surface area contributed by atoms with Crippen molar-refractivity contribution in [3.63, 3.8) is 0 Å². The second-order valence-corrected chi connectivity index (χ2v) is 26.1. The van der Waals surface area contributed by atoms with Gasteiger partial charge >= 0.3 is 5.97 Å². The first-order valence-electron chi connectivity index (χ1n) is 21.4. The summed E-state index contributed by atoms with van der Waals surface area (Å²) in [5, 5.41) is 70.9. The zero-order valence-electron chi connectivity index (χ0n) is 37.4. The van der Waals surface area contributed by atoms with Crippen LogP contribution in [0.25, 0.3) is 0 Å². The SMILES string of the molecule is O=C(O)c1c(I)c(S)c(CN(CCN(CCS)Cc2c(S)c(I)c([N+](CCO)(CCO)CCO)c(I)c2S)CCN(CCS)Cc2c(S)c(I)c([N+](CCO)(CCO)CCO)c(I)c2S)c(S)c1I. The van der Waals surface area contributed by atoms with Gasteiger partial charge < -0.3 is 35.7 Å². The van der Waals surface area contributed by atoms with Gasteiger partial charge in [-0.3, -0.25) is 23.7 Å². The van der Waals surface area contributed by atoms with Crippen LogP contribution in [-0.4, -0.2) is 186 Å². The molecule has 0 saturated heterocycles. The molecule has 0 fully saturated rings. The fourth-order valence-electron chi connectivity index (χ4n) is 8.40. The van der Waals surface area contributed by atoms with Crippen LogP contribution in [0, 0.1) is 21.4 Å². The van der Waals surface area contributed by atoms with E-state index in [2.05, 4.69) is 176 Å². The predicted molar refractivity (Wildman–Crippen MR) is 355 cm³/mol. The molecule has 13 nitrogen and oxygen atoms in total. The molecular formula is C42H61I6N5O8S8+2. The van der Waals surface area contributed by atoms with Crippen molar-refractivity contribution in [1.82, 2.24) is 23.7 Å². The summed E-state index contributed by atoms with van der Waals surface area (Å²) in [7, 11) is 0. The molecule has 0 aliphatic rings. The third kappa shape index (κ3) is 17.0. The number of carboxylic acids is 1. The number of quaternary nitrogens is 2. The number of carboxylic acid groups (broad SMARTS) is 1. The molecule has 3 rings (SSSR count). The lowest BCUT2D eigenvalue weighted by Crippen LogP contribution is -2.55. The van der Waals surface area contributed by atoms with Crippen LogP contribution in [0.2, 0.25) is 0 Å². The normalized spacial score (nSPS) is 12.4. The summed E-state index contributed by atoms with van der Waals surface area (Å²) < 4.78 is 4.90. The van der Waals surface area contributed by atoms with Crippen LogP contribution in [0.5, 0.6) is 0 Å². The third-order valence-corrected chi connectivity index (χ3v) is 24.3. The first kappa shape index (κ1) is 67.1. The molecule has 3 aromatic carbocycles. The molecule has 7 N–H and O–H groups in total. The fourth-order valence-corrected chi connectivity index (χ4v) is 18.6. The van der Waals surface area contributed by atoms with E-state index in [-0.39, 0.29) is 54.2 Å². The van der Waals surface area contributed by atoms with E-state index in [1.807, 2.05) is 0 Å². The Balaban J connectivity index is 2.12. The minimum Gasteiger partial charge on any atom is -0.478 e. The monoisotopic (exact) mass is 1780 g/mol. The first-order valence-corrected chi connectivity index (χ1v) is 31.9. The highest BCUT2D eigenvalue weighted by atomic mass is 127. The van der Waals surface area contributed by atoms with Crippen molar-refractivity contribution in [3.05, 3.63) is 43.7 Å². The van der Waals surface area contributed by atoms with E-state index in [4.69, 9.17) is 75.8 Å². The number of carbonyl (C=O) groups is 1. The van der Waals surface area contributed by atoms with Crippen molar-refractivity contribution >= 4 is 254 Å². The summed E-state index contributed by atoms with van der Waals surface area (Å²) in [6.07, 6.45) is 0. The van der Waals surface area contributed by atoms with Gasteiger partial charge in [0.2, 0.25) is 0 Å². The highest BCUT2D eigenvalue weighted by molar-refractivity contribution is 14.1. The van der Waals surface area contributed by atoms with E-state index < -0.39 is 5.97 Å². The average Bonchev–Trinajstić information content (AvgIpc) is 3.29. The molecule has 0 amide bonds. The maximum Gasteiger partial charge on any atom is 0.337 e. The van der Waals surface area contributed by atoms with E-state index in [0.29, 0.717) is 127 Å². The Morgan fingerprint density at radius 2 is 0.623 bits per heavy atom. The summed E-state index contributed by atoms with van der Waals surface area (Å²) in [6.45, 7) is 6.15. The average molecular weight is 1780 g/mol. The van der Waals surface area contributed by atoms with Crippen LogP contribution in [0.1, 0.15) is 27.0 Å². The molecule has 0 aliphatic heterocycles. The number of benzene rings is 3. The molecule has 0 saturated carbocycles. The number of thiol groups is 8. The molecule has 0 atom stereocenters. The molecule has 0 aliphatic carbocycles. The topological polar surface area (TPSA) is 168 Å². The lowest BCUT2D eigenvalue weighted by atomic mass is 10.1. The van der Waals surface area contributed by atoms with Gasteiger partial charge in [0.1, 0.15) is 39.3 Å². The Labute approximate surface area is 532 Å². The van der Waals surface area contributed by atoms with Crippen molar-refractivity contribution in [2.75, 3.05) is 130 Å². The largest absolute Gasteiger partial charge is 0.478 e. The molecule has 0 radical (unpaired) electrons. The lowest BCUT2D eigenvalue weighted by molar-refractivity contribution is 0.0693. The lowest BCUT2D eigenvalue weighted by Gasteiger charge is -2.39. The minimum atomic E-state index is -1.05. The van der Waals surface area contributed by atoms with Crippen molar-refractivity contribution in [3.8, 4) is 0 Å². The van der Waals surface area contributed by atoms with Gasteiger partial charge in [-0.2, -0.15) is 25.3 Å². The van der Waals surface area contributed by atoms with Crippen molar-refractivity contribution in [1.29, 1.82) is 0 Å².